The molecule has 0 radical (unpaired) electrons. The van der Waals surface area contributed by atoms with Crippen molar-refractivity contribution in [3.8, 4) is 11.1 Å². The second-order valence-electron chi connectivity index (χ2n) is 9.93. The summed E-state index contributed by atoms with van der Waals surface area (Å²) in [5.41, 5.74) is 18.3. The number of rotatable bonds is 2. The molecule has 3 aromatic carbocycles. The molecule has 0 fully saturated rings. The number of H-pyrrole nitrogens is 1. The van der Waals surface area contributed by atoms with Crippen LogP contribution >= 0.6 is 0 Å². The number of fused-ring (bicyclic) bond motifs is 5. The summed E-state index contributed by atoms with van der Waals surface area (Å²) in [7, 11) is 0. The number of hydrogen-bond donors (Lipinski definition) is 1. The van der Waals surface area contributed by atoms with E-state index in [4.69, 9.17) is 4.99 Å². The van der Waals surface area contributed by atoms with Crippen molar-refractivity contribution in [1.82, 2.24) is 4.98 Å². The number of hydrogen-bond acceptors (Lipinski definition) is 1. The number of aromatic nitrogens is 1. The third kappa shape index (κ3) is 3.06. The van der Waals surface area contributed by atoms with E-state index in [9.17, 15) is 0 Å². The maximum atomic E-state index is 5.30. The van der Waals surface area contributed by atoms with E-state index >= 15 is 0 Å². The van der Waals surface area contributed by atoms with Gasteiger partial charge in [0.1, 0.15) is 0 Å². The fourth-order valence-electron chi connectivity index (χ4n) is 6.34. The summed E-state index contributed by atoms with van der Waals surface area (Å²) in [4.78, 5) is 9.16. The summed E-state index contributed by atoms with van der Waals surface area (Å²) in [5, 5.41) is 0. The Morgan fingerprint density at radius 1 is 0.714 bits per heavy atom. The zero-order valence-corrected chi connectivity index (χ0v) is 20.3. The highest BCUT2D eigenvalue weighted by Crippen LogP contribution is 2.48. The predicted octanol–water partition coefficient (Wildman–Crippen LogP) is 7.72. The van der Waals surface area contributed by atoms with Crippen molar-refractivity contribution in [3.05, 3.63) is 129 Å². The highest BCUT2D eigenvalue weighted by molar-refractivity contribution is 6.17. The Labute approximate surface area is 206 Å². The molecule has 3 aliphatic rings. The van der Waals surface area contributed by atoms with Gasteiger partial charge < -0.3 is 4.98 Å². The van der Waals surface area contributed by atoms with Crippen LogP contribution in [0.1, 0.15) is 52.5 Å². The van der Waals surface area contributed by atoms with Gasteiger partial charge in [-0.2, -0.15) is 0 Å². The third-order valence-electron chi connectivity index (χ3n) is 7.98. The van der Waals surface area contributed by atoms with Crippen molar-refractivity contribution in [2.45, 2.75) is 39.5 Å². The third-order valence-corrected chi connectivity index (χ3v) is 7.98. The van der Waals surface area contributed by atoms with Gasteiger partial charge in [0.25, 0.3) is 0 Å². The Hall–Kier alpha value is -3.91. The average Bonchev–Trinajstić information content (AvgIpc) is 3.42. The smallest absolute Gasteiger partial charge is 0.0814 e. The quantitative estimate of drug-likeness (QED) is 0.322. The minimum Gasteiger partial charge on any atom is -0.358 e. The zero-order chi connectivity index (χ0) is 23.5. The van der Waals surface area contributed by atoms with Gasteiger partial charge in [-0.1, -0.05) is 78.9 Å². The van der Waals surface area contributed by atoms with Crippen LogP contribution in [0.3, 0.4) is 0 Å². The van der Waals surface area contributed by atoms with Gasteiger partial charge in [0.2, 0.25) is 0 Å². The van der Waals surface area contributed by atoms with Gasteiger partial charge in [0, 0.05) is 28.1 Å². The first-order valence-electron chi connectivity index (χ1n) is 12.7. The molecule has 0 atom stereocenters. The lowest BCUT2D eigenvalue weighted by Crippen LogP contribution is -2.07. The first kappa shape index (κ1) is 20.5. The van der Waals surface area contributed by atoms with Gasteiger partial charge in [-0.15, -0.1) is 0 Å². The van der Waals surface area contributed by atoms with E-state index in [0.29, 0.717) is 0 Å². The molecule has 35 heavy (non-hydrogen) atoms. The fraction of sp³-hybridized carbons (Fsp3) is 0.182. The van der Waals surface area contributed by atoms with E-state index < -0.39 is 0 Å². The lowest BCUT2D eigenvalue weighted by atomic mass is 9.80. The van der Waals surface area contributed by atoms with Gasteiger partial charge in [0.05, 0.1) is 11.4 Å². The van der Waals surface area contributed by atoms with Gasteiger partial charge >= 0.3 is 0 Å². The molecule has 2 nitrogen and oxygen atoms in total. The molecule has 2 aliphatic carbocycles. The highest BCUT2D eigenvalue weighted by atomic mass is 14.8. The number of nitrogens with one attached hydrogen (secondary N) is 1. The molecule has 0 spiro atoms. The fourth-order valence-corrected chi connectivity index (χ4v) is 6.34. The minimum atomic E-state index is 1.05. The molecule has 7 rings (SSSR count). The second-order valence-corrected chi connectivity index (χ2v) is 9.93. The molecule has 0 unspecified atom stereocenters. The summed E-state index contributed by atoms with van der Waals surface area (Å²) in [5.74, 6) is 0. The van der Waals surface area contributed by atoms with Crippen molar-refractivity contribution in [2.24, 2.45) is 4.99 Å². The maximum Gasteiger partial charge on any atom is 0.0814 e. The SMILES string of the molecule is CC1=N/C(=C(\c2ccccc2)c2[nH]c(C)c3c2-c2ccccc2CC3)C2=C1CCc1ccccc12. The van der Waals surface area contributed by atoms with Crippen LogP contribution in [0.25, 0.3) is 22.3 Å². The van der Waals surface area contributed by atoms with Crippen LogP contribution in [0.15, 0.2) is 95.1 Å². The number of aryl methyl sites for hydroxylation is 3. The van der Waals surface area contributed by atoms with E-state index in [1.54, 1.807) is 0 Å². The molecule has 4 aromatic rings. The van der Waals surface area contributed by atoms with E-state index in [2.05, 4.69) is 97.7 Å². The minimum absolute atomic E-state index is 1.05. The summed E-state index contributed by atoms with van der Waals surface area (Å²) in [6, 6.07) is 28.7. The van der Waals surface area contributed by atoms with Crippen molar-refractivity contribution in [2.75, 3.05) is 0 Å². The summed E-state index contributed by atoms with van der Waals surface area (Å²) in [6.45, 7) is 4.41. The molecule has 0 saturated carbocycles. The normalized spacial score (nSPS) is 17.4. The molecule has 1 aliphatic heterocycles. The topological polar surface area (TPSA) is 28.1 Å². The lowest BCUT2D eigenvalue weighted by Gasteiger charge is -2.22. The molecule has 0 saturated heterocycles. The molecule has 0 amide bonds. The summed E-state index contributed by atoms with van der Waals surface area (Å²) in [6.07, 6.45) is 4.31. The van der Waals surface area contributed by atoms with Gasteiger partial charge in [-0.3, -0.25) is 4.99 Å². The number of nitrogens with zero attached hydrogens (tertiary/aromatic N) is 1. The van der Waals surface area contributed by atoms with E-state index in [1.807, 2.05) is 0 Å². The standard InChI is InChI=1S/C33H28N2/c1-20-25-18-16-22-10-6-8-14-27(22)30(25)32(34-20)29(24-12-4-3-5-13-24)33-31-26(21(2)35-33)19-17-23-11-7-9-15-28(23)31/h3-15,34H,16-19H2,1-2H3/b33-29+. The van der Waals surface area contributed by atoms with Crippen molar-refractivity contribution in [1.29, 1.82) is 0 Å². The summed E-state index contributed by atoms with van der Waals surface area (Å²) >= 11 is 0. The Kier molecular flexibility index (Phi) is 4.57. The van der Waals surface area contributed by atoms with Crippen LogP contribution in [0.2, 0.25) is 0 Å². The first-order valence-corrected chi connectivity index (χ1v) is 12.7. The predicted molar refractivity (Wildman–Crippen MR) is 146 cm³/mol. The van der Waals surface area contributed by atoms with E-state index in [1.165, 1.54) is 67.1 Å². The molecule has 1 aromatic heterocycles. The van der Waals surface area contributed by atoms with Crippen molar-refractivity contribution in [3.63, 3.8) is 0 Å². The molecular formula is C33H28N2. The number of aliphatic imine (C=N–C) groups is 1. The maximum absolute atomic E-state index is 5.30. The van der Waals surface area contributed by atoms with Gasteiger partial charge in [-0.05, 0) is 78.5 Å². The van der Waals surface area contributed by atoms with Crippen LogP contribution in [0.5, 0.6) is 0 Å². The van der Waals surface area contributed by atoms with Gasteiger partial charge in [0.15, 0.2) is 0 Å². The first-order chi connectivity index (χ1) is 17.2. The highest BCUT2D eigenvalue weighted by Gasteiger charge is 2.33. The van der Waals surface area contributed by atoms with Crippen LogP contribution in [-0.4, -0.2) is 10.7 Å². The van der Waals surface area contributed by atoms with E-state index in [-0.39, 0.29) is 0 Å². The van der Waals surface area contributed by atoms with Crippen molar-refractivity contribution < 1.29 is 0 Å². The van der Waals surface area contributed by atoms with Gasteiger partial charge in [-0.25, -0.2) is 0 Å². The summed E-state index contributed by atoms with van der Waals surface area (Å²) < 4.78 is 0. The Bertz CT molecular complexity index is 1590. The molecular weight excluding hydrogens is 424 g/mol. The molecule has 1 N–H and O–H groups in total. The van der Waals surface area contributed by atoms with Crippen LogP contribution in [0, 0.1) is 6.92 Å². The molecule has 2 heterocycles. The largest absolute Gasteiger partial charge is 0.358 e. The van der Waals surface area contributed by atoms with Crippen LogP contribution < -0.4 is 0 Å². The Morgan fingerprint density at radius 3 is 2.17 bits per heavy atom. The monoisotopic (exact) mass is 452 g/mol. The Morgan fingerprint density at radius 2 is 1.37 bits per heavy atom. The Balaban J connectivity index is 1.58. The molecule has 170 valence electrons. The zero-order valence-electron chi connectivity index (χ0n) is 20.3. The van der Waals surface area contributed by atoms with Crippen molar-refractivity contribution >= 4 is 16.9 Å². The second kappa shape index (κ2) is 7.81. The van der Waals surface area contributed by atoms with Crippen LogP contribution in [-0.2, 0) is 19.3 Å². The van der Waals surface area contributed by atoms with E-state index in [0.717, 1.165) is 37.1 Å². The number of benzene rings is 3. The molecule has 0 bridgehead atoms. The number of aromatic amines is 1. The number of allylic oxidation sites excluding steroid dienone is 2. The van der Waals surface area contributed by atoms with Crippen LogP contribution in [0.4, 0.5) is 0 Å². The lowest BCUT2D eigenvalue weighted by molar-refractivity contribution is 0.933. The average molecular weight is 453 g/mol. The molecule has 2 heteroatoms.